The molecule has 208 valence electrons. The third-order valence-corrected chi connectivity index (χ3v) is 6.88. The Bertz CT molecular complexity index is 1640. The van der Waals surface area contributed by atoms with E-state index in [1.807, 2.05) is 68.4 Å². The Hall–Kier alpha value is -4.71. The fraction of sp³-hybridized carbons (Fsp3) is 0.233. The Morgan fingerprint density at radius 2 is 1.85 bits per heavy atom. The molecule has 0 radical (unpaired) electrons. The molecule has 5 aromatic rings. The number of ether oxygens (including phenoxy) is 2. The van der Waals surface area contributed by atoms with Gasteiger partial charge in [-0.25, -0.2) is 4.98 Å². The van der Waals surface area contributed by atoms with Gasteiger partial charge in [0.1, 0.15) is 5.82 Å². The lowest BCUT2D eigenvalue weighted by atomic mass is 9.95. The van der Waals surface area contributed by atoms with Gasteiger partial charge in [-0.15, -0.1) is 10.2 Å². The van der Waals surface area contributed by atoms with Crippen molar-refractivity contribution < 1.29 is 19.0 Å². The topological polar surface area (TPSA) is 140 Å². The number of methoxy groups -OCH3 is 1. The van der Waals surface area contributed by atoms with E-state index in [2.05, 4.69) is 30.8 Å². The number of rotatable bonds is 9. The molecule has 0 amide bonds. The second-order valence-corrected chi connectivity index (χ2v) is 10.0. The summed E-state index contributed by atoms with van der Waals surface area (Å²) in [4.78, 5) is 13.4. The van der Waals surface area contributed by atoms with E-state index in [0.29, 0.717) is 28.8 Å². The summed E-state index contributed by atoms with van der Waals surface area (Å²) < 4.78 is 17.5. The predicted octanol–water partition coefficient (Wildman–Crippen LogP) is 5.39. The zero-order chi connectivity index (χ0) is 28.4. The van der Waals surface area contributed by atoms with Crippen LogP contribution in [-0.4, -0.2) is 44.0 Å². The number of pyridine rings is 1. The van der Waals surface area contributed by atoms with Crippen molar-refractivity contribution >= 4 is 17.5 Å². The van der Waals surface area contributed by atoms with Gasteiger partial charge < -0.3 is 29.6 Å². The van der Waals surface area contributed by atoms with Crippen molar-refractivity contribution in [1.29, 1.82) is 0 Å². The first-order valence-electron chi connectivity index (χ1n) is 13.1. The monoisotopic (exact) mass is 551 g/mol. The van der Waals surface area contributed by atoms with Crippen LogP contribution in [0.25, 0.3) is 22.9 Å². The van der Waals surface area contributed by atoms with E-state index in [1.54, 1.807) is 31.8 Å². The number of fused-ring (bicyclic) bond motifs is 1. The van der Waals surface area contributed by atoms with Crippen molar-refractivity contribution in [2.75, 3.05) is 24.4 Å². The quantitative estimate of drug-likeness (QED) is 0.217. The molecule has 6 rings (SSSR count). The van der Waals surface area contributed by atoms with Crippen LogP contribution in [0, 0.1) is 0 Å². The minimum absolute atomic E-state index is 0.165. The summed E-state index contributed by atoms with van der Waals surface area (Å²) in [6, 6.07) is 18.7. The summed E-state index contributed by atoms with van der Waals surface area (Å²) in [6.07, 6.45) is 4.51. The molecule has 2 aromatic carbocycles. The molecule has 0 aliphatic carbocycles. The Labute approximate surface area is 236 Å². The molecule has 1 unspecified atom stereocenters. The van der Waals surface area contributed by atoms with Crippen LogP contribution in [0.3, 0.4) is 0 Å². The van der Waals surface area contributed by atoms with E-state index < -0.39 is 17.9 Å². The summed E-state index contributed by atoms with van der Waals surface area (Å²) in [5.41, 5.74) is 4.34. The highest BCUT2D eigenvalue weighted by Crippen LogP contribution is 2.44. The number of nitrogens with one attached hydrogen (secondary N) is 2. The zero-order valence-corrected chi connectivity index (χ0v) is 22.8. The number of nitrogens with zero attached hydrogens (tertiary/aromatic N) is 5. The number of aliphatic hydroxyl groups is 1. The number of anilines is 3. The molecule has 0 saturated carbocycles. The van der Waals surface area contributed by atoms with E-state index in [0.717, 1.165) is 22.4 Å². The lowest BCUT2D eigenvalue weighted by molar-refractivity contribution is -0.175. The summed E-state index contributed by atoms with van der Waals surface area (Å²) >= 11 is 0. The molecule has 0 spiro atoms. The zero-order valence-electron chi connectivity index (χ0n) is 22.8. The molecule has 0 fully saturated rings. The first-order valence-corrected chi connectivity index (χ1v) is 13.1. The highest BCUT2D eigenvalue weighted by molar-refractivity contribution is 5.71. The van der Waals surface area contributed by atoms with Crippen LogP contribution in [-0.2, 0) is 15.1 Å². The fourth-order valence-electron chi connectivity index (χ4n) is 4.79. The molecule has 2 atom stereocenters. The summed E-state index contributed by atoms with van der Waals surface area (Å²) in [6.45, 7) is 3.84. The Kier molecular flexibility index (Phi) is 7.14. The average molecular weight is 552 g/mol. The van der Waals surface area contributed by atoms with E-state index in [-0.39, 0.29) is 12.5 Å². The van der Waals surface area contributed by atoms with Gasteiger partial charge in [0.2, 0.25) is 11.8 Å². The molecule has 3 N–H and O–H groups in total. The maximum Gasteiger partial charge on any atom is 0.253 e. The van der Waals surface area contributed by atoms with Crippen LogP contribution in [0.15, 0.2) is 83.7 Å². The van der Waals surface area contributed by atoms with E-state index in [9.17, 15) is 5.11 Å². The van der Waals surface area contributed by atoms with E-state index in [1.165, 1.54) is 0 Å². The minimum atomic E-state index is -0.515. The van der Waals surface area contributed by atoms with Gasteiger partial charge in [0.25, 0.3) is 5.89 Å². The summed E-state index contributed by atoms with van der Waals surface area (Å²) in [5, 5.41) is 25.3. The molecule has 11 heteroatoms. The molecular weight excluding hydrogens is 522 g/mol. The molecule has 1 aliphatic heterocycles. The molecule has 0 saturated heterocycles. The number of aromatic nitrogens is 5. The minimum Gasteiger partial charge on any atom is -0.416 e. The standard InChI is InChI=1S/C30H29N7O4/c1-30(2)23-14-20(11-12-21(23)28(39-3)41-30)33-29-32-16-22(27-37-36-26(40-27)19-10-7-13-31-15-19)25(35-29)34-24(17-38)18-8-5-4-6-9-18/h4-16,24,28,38H,17H2,1-3H3,(H2,32,33,34,35)/t24-,28?/m1/s1. The van der Waals surface area contributed by atoms with Crippen molar-refractivity contribution in [3.8, 4) is 22.9 Å². The van der Waals surface area contributed by atoms with Gasteiger partial charge in [-0.1, -0.05) is 36.4 Å². The van der Waals surface area contributed by atoms with E-state index >= 15 is 0 Å². The van der Waals surface area contributed by atoms with Gasteiger partial charge in [-0.05, 0) is 49.2 Å². The number of hydrogen-bond donors (Lipinski definition) is 3. The van der Waals surface area contributed by atoms with Gasteiger partial charge >= 0.3 is 0 Å². The van der Waals surface area contributed by atoms with Crippen LogP contribution in [0.4, 0.5) is 17.5 Å². The third kappa shape index (κ3) is 5.38. The van der Waals surface area contributed by atoms with Gasteiger partial charge in [0.15, 0.2) is 6.29 Å². The Balaban J connectivity index is 1.35. The molecular formula is C30H29N7O4. The SMILES string of the molecule is COC1OC(C)(C)c2cc(Nc3ncc(-c4nnc(-c5cccnc5)o4)c(N[C@H](CO)c4ccccc4)n3)ccc21. The largest absolute Gasteiger partial charge is 0.416 e. The predicted molar refractivity (Wildman–Crippen MR) is 152 cm³/mol. The maximum absolute atomic E-state index is 10.2. The van der Waals surface area contributed by atoms with Crippen LogP contribution in [0.1, 0.15) is 42.9 Å². The van der Waals surface area contributed by atoms with Gasteiger partial charge in [0, 0.05) is 37.0 Å². The van der Waals surface area contributed by atoms with Crippen molar-refractivity contribution in [2.24, 2.45) is 0 Å². The van der Waals surface area contributed by atoms with Crippen molar-refractivity contribution in [1.82, 2.24) is 25.1 Å². The number of aliphatic hydroxyl groups excluding tert-OH is 1. The average Bonchev–Trinajstić information content (AvgIpc) is 3.59. The van der Waals surface area contributed by atoms with Gasteiger partial charge in [-0.3, -0.25) is 4.98 Å². The smallest absolute Gasteiger partial charge is 0.253 e. The first kappa shape index (κ1) is 26.5. The summed E-state index contributed by atoms with van der Waals surface area (Å²) in [7, 11) is 1.63. The number of hydrogen-bond acceptors (Lipinski definition) is 11. The molecule has 4 heterocycles. The highest BCUT2D eigenvalue weighted by Gasteiger charge is 2.38. The van der Waals surface area contributed by atoms with Crippen molar-refractivity contribution in [3.05, 3.63) is 95.9 Å². The van der Waals surface area contributed by atoms with Crippen LogP contribution in [0.2, 0.25) is 0 Å². The lowest BCUT2D eigenvalue weighted by Gasteiger charge is -2.20. The normalized spacial score (nSPS) is 16.2. The highest BCUT2D eigenvalue weighted by atomic mass is 16.7. The van der Waals surface area contributed by atoms with Gasteiger partial charge in [0.05, 0.1) is 29.4 Å². The molecule has 3 aromatic heterocycles. The molecule has 1 aliphatic rings. The first-order chi connectivity index (χ1) is 19.9. The maximum atomic E-state index is 10.2. The molecule has 41 heavy (non-hydrogen) atoms. The number of benzene rings is 2. The van der Waals surface area contributed by atoms with Crippen LogP contribution in [0.5, 0.6) is 0 Å². The summed E-state index contributed by atoms with van der Waals surface area (Å²) in [5.74, 6) is 1.30. The second-order valence-electron chi connectivity index (χ2n) is 10.0. The molecule has 11 nitrogen and oxygen atoms in total. The fourth-order valence-corrected chi connectivity index (χ4v) is 4.79. The third-order valence-electron chi connectivity index (χ3n) is 6.88. The van der Waals surface area contributed by atoms with Crippen molar-refractivity contribution in [3.63, 3.8) is 0 Å². The van der Waals surface area contributed by atoms with Crippen molar-refractivity contribution in [2.45, 2.75) is 31.8 Å². The van der Waals surface area contributed by atoms with Crippen LogP contribution < -0.4 is 10.6 Å². The van der Waals surface area contributed by atoms with Gasteiger partial charge in [-0.2, -0.15) is 4.98 Å². The molecule has 0 bridgehead atoms. The van der Waals surface area contributed by atoms with E-state index in [4.69, 9.17) is 18.9 Å². The Morgan fingerprint density at radius 3 is 2.61 bits per heavy atom. The van der Waals surface area contributed by atoms with Crippen LogP contribution >= 0.6 is 0 Å². The lowest BCUT2D eigenvalue weighted by Crippen LogP contribution is -2.17. The Morgan fingerprint density at radius 1 is 1.02 bits per heavy atom. The second kappa shape index (κ2) is 11.0.